The Bertz CT molecular complexity index is 1560. The molecule has 0 bridgehead atoms. The number of hydrogen-bond acceptors (Lipinski definition) is 12. The van der Waals surface area contributed by atoms with Crippen LogP contribution >= 0.6 is 0 Å². The molecular weight excluding hydrogens is 666 g/mol. The molecule has 1 aromatic heterocycles. The van der Waals surface area contributed by atoms with Gasteiger partial charge in [-0.1, -0.05) is 18.2 Å². The zero-order chi connectivity index (χ0) is 36.3. The highest BCUT2D eigenvalue weighted by atomic mass is 16.8. The highest BCUT2D eigenvalue weighted by Crippen LogP contribution is 2.24. The lowest BCUT2D eigenvalue weighted by atomic mass is 9.93. The SMILES string of the molecule is CCOC(=O)ON1CCN(C(=O)[C@H](CCC(=O)OC)NC(=O)c2cc(OCC(=O)N3CCC[C@H]3C(=O)NC3CCC3)n(-c3ccccc3)n2)CC1. The average molecular weight is 712 g/mol. The van der Waals surface area contributed by atoms with Gasteiger partial charge in [-0.2, -0.15) is 5.10 Å². The number of nitrogens with one attached hydrogen (secondary N) is 2. The number of carbonyl (C=O) groups is 6. The molecule has 17 heteroatoms. The summed E-state index contributed by atoms with van der Waals surface area (Å²) < 4.78 is 16.9. The molecule has 17 nitrogen and oxygen atoms in total. The van der Waals surface area contributed by atoms with Crippen LogP contribution in [0.15, 0.2) is 36.4 Å². The number of methoxy groups -OCH3 is 1. The first-order valence-corrected chi connectivity index (χ1v) is 17.3. The van der Waals surface area contributed by atoms with Crippen molar-refractivity contribution in [2.24, 2.45) is 0 Å². The van der Waals surface area contributed by atoms with E-state index in [1.165, 1.54) is 32.7 Å². The molecule has 2 aliphatic heterocycles. The van der Waals surface area contributed by atoms with Crippen LogP contribution in [-0.4, -0.2) is 132 Å². The minimum Gasteiger partial charge on any atom is -0.469 e. The Balaban J connectivity index is 1.27. The Morgan fingerprint density at radius 2 is 1.71 bits per heavy atom. The van der Waals surface area contributed by atoms with Gasteiger partial charge in [0, 0.05) is 38.2 Å². The highest BCUT2D eigenvalue weighted by Gasteiger charge is 2.36. The number of benzene rings is 1. The standard InChI is InChI=1S/C34H45N7O10/c1-3-49-34(47)51-39-19-17-38(18-20-39)33(46)25(14-15-30(43)48-2)36-31(44)26-21-29(41(37-26)24-11-5-4-6-12-24)50-22-28(42)40-16-8-13-27(40)32(45)35-23-9-7-10-23/h4-6,11-12,21,23,25,27H,3,7-10,13-20,22H2,1-2H3,(H,35,45)(H,36,44)/t25-,27-/m0/s1. The van der Waals surface area contributed by atoms with Gasteiger partial charge in [-0.25, -0.2) is 9.48 Å². The number of nitrogens with zero attached hydrogens (tertiary/aromatic N) is 5. The van der Waals surface area contributed by atoms with Crippen molar-refractivity contribution in [2.75, 3.05) is 53.0 Å². The van der Waals surface area contributed by atoms with Gasteiger partial charge >= 0.3 is 12.1 Å². The molecule has 2 aromatic rings. The summed E-state index contributed by atoms with van der Waals surface area (Å²) in [6.07, 6.45) is 3.23. The largest absolute Gasteiger partial charge is 0.527 e. The van der Waals surface area contributed by atoms with E-state index in [2.05, 4.69) is 15.7 Å². The summed E-state index contributed by atoms with van der Waals surface area (Å²) >= 11 is 0. The third kappa shape index (κ3) is 9.74. The van der Waals surface area contributed by atoms with Gasteiger partial charge in [0.05, 0.1) is 32.5 Å². The molecule has 2 N–H and O–H groups in total. The molecule has 0 spiro atoms. The number of para-hydroxylation sites is 1. The fourth-order valence-corrected chi connectivity index (χ4v) is 6.06. The van der Waals surface area contributed by atoms with E-state index in [4.69, 9.17) is 19.0 Å². The summed E-state index contributed by atoms with van der Waals surface area (Å²) in [6, 6.07) is 8.72. The van der Waals surface area contributed by atoms with E-state index < -0.39 is 36.0 Å². The Morgan fingerprint density at radius 1 is 0.961 bits per heavy atom. The van der Waals surface area contributed by atoms with Gasteiger partial charge in [0.2, 0.25) is 17.7 Å². The molecule has 1 aromatic carbocycles. The first-order valence-electron chi connectivity index (χ1n) is 17.3. The molecule has 1 saturated carbocycles. The van der Waals surface area contributed by atoms with E-state index >= 15 is 0 Å². The third-order valence-corrected chi connectivity index (χ3v) is 9.07. The molecule has 0 unspecified atom stereocenters. The van der Waals surface area contributed by atoms with Crippen molar-refractivity contribution >= 4 is 35.8 Å². The van der Waals surface area contributed by atoms with Gasteiger partial charge in [0.15, 0.2) is 12.3 Å². The first kappa shape index (κ1) is 37.1. The number of piperazine rings is 1. The van der Waals surface area contributed by atoms with E-state index in [1.54, 1.807) is 31.2 Å². The van der Waals surface area contributed by atoms with Crippen molar-refractivity contribution in [3.05, 3.63) is 42.1 Å². The molecule has 51 heavy (non-hydrogen) atoms. The summed E-state index contributed by atoms with van der Waals surface area (Å²) in [4.78, 5) is 85.3. The molecule has 3 fully saturated rings. The number of ether oxygens (including phenoxy) is 3. The van der Waals surface area contributed by atoms with Crippen LogP contribution in [0.5, 0.6) is 5.88 Å². The highest BCUT2D eigenvalue weighted by molar-refractivity contribution is 5.96. The molecule has 276 valence electrons. The van der Waals surface area contributed by atoms with E-state index in [0.717, 1.165) is 19.3 Å². The van der Waals surface area contributed by atoms with Gasteiger partial charge in [0.25, 0.3) is 11.8 Å². The smallest absolute Gasteiger partial charge is 0.469 e. The van der Waals surface area contributed by atoms with E-state index in [9.17, 15) is 28.8 Å². The van der Waals surface area contributed by atoms with Crippen LogP contribution in [-0.2, 0) is 33.5 Å². The third-order valence-electron chi connectivity index (χ3n) is 9.07. The summed E-state index contributed by atoms with van der Waals surface area (Å²) in [6.45, 7) is 2.68. The normalized spacial score (nSPS) is 18.3. The maximum absolute atomic E-state index is 13.6. The lowest BCUT2D eigenvalue weighted by molar-refractivity contribution is -0.157. The Kier molecular flexibility index (Phi) is 12.8. The predicted octanol–water partition coefficient (Wildman–Crippen LogP) is 1.19. The summed E-state index contributed by atoms with van der Waals surface area (Å²) in [5.41, 5.74) is 0.461. The zero-order valence-corrected chi connectivity index (χ0v) is 28.9. The fourth-order valence-electron chi connectivity index (χ4n) is 6.06. The molecule has 3 aliphatic rings. The summed E-state index contributed by atoms with van der Waals surface area (Å²) in [5.74, 6) is -2.11. The van der Waals surface area contributed by atoms with Crippen molar-refractivity contribution in [1.82, 2.24) is 35.3 Å². The van der Waals surface area contributed by atoms with Crippen molar-refractivity contribution in [3.63, 3.8) is 0 Å². The second-order valence-corrected chi connectivity index (χ2v) is 12.5. The average Bonchev–Trinajstić information content (AvgIpc) is 3.79. The molecule has 1 aliphatic carbocycles. The monoisotopic (exact) mass is 711 g/mol. The fraction of sp³-hybridized carbons (Fsp3) is 0.559. The van der Waals surface area contributed by atoms with Crippen LogP contribution in [0, 0.1) is 0 Å². The summed E-state index contributed by atoms with van der Waals surface area (Å²) in [5, 5.41) is 11.6. The number of amides is 4. The molecule has 2 saturated heterocycles. The quantitative estimate of drug-likeness (QED) is 0.267. The van der Waals surface area contributed by atoms with Gasteiger partial charge in [-0.05, 0) is 57.6 Å². The van der Waals surface area contributed by atoms with E-state index in [-0.39, 0.29) is 81.7 Å². The molecule has 5 rings (SSSR count). The maximum atomic E-state index is 13.6. The van der Waals surface area contributed by atoms with Crippen LogP contribution in [0.25, 0.3) is 5.69 Å². The molecular formula is C34H45N7O10. The number of esters is 1. The van der Waals surface area contributed by atoms with E-state index in [0.29, 0.717) is 25.1 Å². The minimum atomic E-state index is -1.11. The predicted molar refractivity (Wildman–Crippen MR) is 178 cm³/mol. The van der Waals surface area contributed by atoms with Crippen LogP contribution in [0.1, 0.15) is 62.4 Å². The summed E-state index contributed by atoms with van der Waals surface area (Å²) in [7, 11) is 1.23. The second-order valence-electron chi connectivity index (χ2n) is 12.5. The van der Waals surface area contributed by atoms with Crippen LogP contribution in [0.4, 0.5) is 4.79 Å². The van der Waals surface area contributed by atoms with Crippen molar-refractivity contribution in [2.45, 2.75) is 70.0 Å². The van der Waals surface area contributed by atoms with Crippen molar-refractivity contribution in [3.8, 4) is 11.6 Å². The van der Waals surface area contributed by atoms with Gasteiger partial charge in [0.1, 0.15) is 12.1 Å². The Morgan fingerprint density at radius 3 is 2.37 bits per heavy atom. The van der Waals surface area contributed by atoms with E-state index in [1.807, 2.05) is 6.07 Å². The van der Waals surface area contributed by atoms with Crippen LogP contribution in [0.3, 0.4) is 0 Å². The molecule has 2 atom stereocenters. The first-order chi connectivity index (χ1) is 24.7. The minimum absolute atomic E-state index is 0.0423. The van der Waals surface area contributed by atoms with Gasteiger partial charge < -0.3 is 39.5 Å². The molecule has 4 amide bonds. The second kappa shape index (κ2) is 17.6. The van der Waals surface area contributed by atoms with Gasteiger partial charge in [-0.15, -0.1) is 5.06 Å². The van der Waals surface area contributed by atoms with Crippen molar-refractivity contribution in [1.29, 1.82) is 0 Å². The Hall–Kier alpha value is -5.19. The number of hydrogen-bond donors (Lipinski definition) is 2. The van der Waals surface area contributed by atoms with Crippen LogP contribution < -0.4 is 15.4 Å². The number of hydroxylamine groups is 2. The topological polar surface area (TPSA) is 191 Å². The maximum Gasteiger partial charge on any atom is 0.527 e. The number of likely N-dealkylation sites (tertiary alicyclic amines) is 1. The lowest BCUT2D eigenvalue weighted by Crippen LogP contribution is -2.55. The van der Waals surface area contributed by atoms with Crippen molar-refractivity contribution < 1.29 is 47.8 Å². The molecule has 3 heterocycles. The number of aromatic nitrogens is 2. The van der Waals surface area contributed by atoms with Gasteiger partial charge in [-0.3, -0.25) is 24.0 Å². The van der Waals surface area contributed by atoms with Crippen LogP contribution in [0.2, 0.25) is 0 Å². The molecule has 0 radical (unpaired) electrons. The number of carbonyl (C=O) groups excluding carboxylic acids is 6. The number of rotatable bonds is 14. The lowest BCUT2D eigenvalue weighted by Gasteiger charge is -2.35. The Labute approximate surface area is 295 Å². The zero-order valence-electron chi connectivity index (χ0n) is 28.9.